The first kappa shape index (κ1) is 12.5. The fourth-order valence-corrected chi connectivity index (χ4v) is 2.54. The third kappa shape index (κ3) is 3.02. The van der Waals surface area contributed by atoms with Crippen LogP contribution in [0.2, 0.25) is 0 Å². The van der Waals surface area contributed by atoms with Crippen molar-refractivity contribution >= 4 is 0 Å². The second-order valence-electron chi connectivity index (χ2n) is 5.08. The van der Waals surface area contributed by atoms with E-state index < -0.39 is 11.7 Å². The smallest absolute Gasteiger partial charge is 0.166 e. The highest BCUT2D eigenvalue weighted by molar-refractivity contribution is 5.27. The van der Waals surface area contributed by atoms with Crippen LogP contribution < -0.4 is 0 Å². The third-order valence-electron chi connectivity index (χ3n) is 3.73. The minimum Gasteiger partial charge on any atom is -0.166 e. The van der Waals surface area contributed by atoms with Gasteiger partial charge in [0.15, 0.2) is 0 Å². The highest BCUT2D eigenvalue weighted by Gasteiger charge is 2.30. The Hall–Kier alpha value is -0.990. The van der Waals surface area contributed by atoms with Crippen molar-refractivity contribution in [2.75, 3.05) is 0 Å². The number of halogens is 3. The van der Waals surface area contributed by atoms with Crippen LogP contribution >= 0.6 is 0 Å². The summed E-state index contributed by atoms with van der Waals surface area (Å²) in [7, 11) is 0. The van der Waals surface area contributed by atoms with E-state index in [2.05, 4.69) is 6.92 Å². The van der Waals surface area contributed by atoms with Gasteiger partial charge in [-0.1, -0.05) is 31.9 Å². The van der Waals surface area contributed by atoms with Gasteiger partial charge < -0.3 is 0 Å². The molecule has 1 fully saturated rings. The second-order valence-corrected chi connectivity index (χ2v) is 5.08. The van der Waals surface area contributed by atoms with Crippen LogP contribution in [-0.2, 0) is 6.18 Å². The quantitative estimate of drug-likeness (QED) is 0.650. The van der Waals surface area contributed by atoms with Crippen molar-refractivity contribution in [3.05, 3.63) is 35.4 Å². The van der Waals surface area contributed by atoms with E-state index in [0.717, 1.165) is 24.3 Å². The first-order valence-electron chi connectivity index (χ1n) is 6.14. The molecule has 0 N–H and O–H groups in total. The molecular weight excluding hydrogens is 225 g/mol. The maximum absolute atomic E-state index is 12.4. The summed E-state index contributed by atoms with van der Waals surface area (Å²) in [6.45, 7) is 2.24. The molecule has 1 aliphatic rings. The Morgan fingerprint density at radius 3 is 1.94 bits per heavy atom. The van der Waals surface area contributed by atoms with Crippen LogP contribution in [0.15, 0.2) is 24.3 Å². The molecule has 0 saturated heterocycles. The summed E-state index contributed by atoms with van der Waals surface area (Å²) in [6.07, 6.45) is 0.357. The topological polar surface area (TPSA) is 0 Å². The fourth-order valence-electron chi connectivity index (χ4n) is 2.54. The molecule has 3 heteroatoms. The van der Waals surface area contributed by atoms with Crippen molar-refractivity contribution in [2.24, 2.45) is 5.92 Å². The van der Waals surface area contributed by atoms with E-state index in [9.17, 15) is 13.2 Å². The van der Waals surface area contributed by atoms with E-state index in [4.69, 9.17) is 0 Å². The molecule has 0 spiro atoms. The van der Waals surface area contributed by atoms with Crippen molar-refractivity contribution in [1.82, 2.24) is 0 Å². The monoisotopic (exact) mass is 242 g/mol. The van der Waals surface area contributed by atoms with Gasteiger partial charge in [0.25, 0.3) is 0 Å². The zero-order valence-corrected chi connectivity index (χ0v) is 9.93. The lowest BCUT2D eigenvalue weighted by Gasteiger charge is -2.26. The minimum atomic E-state index is -4.22. The molecule has 1 aromatic rings. The molecule has 0 radical (unpaired) electrons. The van der Waals surface area contributed by atoms with Crippen molar-refractivity contribution in [1.29, 1.82) is 0 Å². The van der Waals surface area contributed by atoms with Crippen LogP contribution in [-0.4, -0.2) is 0 Å². The summed E-state index contributed by atoms with van der Waals surface area (Å²) < 4.78 is 37.2. The lowest BCUT2D eigenvalue weighted by molar-refractivity contribution is -0.137. The molecule has 1 saturated carbocycles. The highest BCUT2D eigenvalue weighted by atomic mass is 19.4. The van der Waals surface area contributed by atoms with Gasteiger partial charge in [-0.2, -0.15) is 13.2 Å². The minimum absolute atomic E-state index is 0.452. The molecule has 0 aromatic heterocycles. The van der Waals surface area contributed by atoms with Crippen LogP contribution in [0.3, 0.4) is 0 Å². The predicted molar refractivity (Wildman–Crippen MR) is 61.8 cm³/mol. The Morgan fingerprint density at radius 1 is 0.941 bits per heavy atom. The maximum atomic E-state index is 12.4. The SMILES string of the molecule is CC1CCC(c2ccc(C(F)(F)F)cc2)CC1. The van der Waals surface area contributed by atoms with Gasteiger partial charge in [0.1, 0.15) is 0 Å². The Labute approximate surface area is 99.8 Å². The highest BCUT2D eigenvalue weighted by Crippen LogP contribution is 2.36. The van der Waals surface area contributed by atoms with E-state index in [1.54, 1.807) is 12.1 Å². The maximum Gasteiger partial charge on any atom is 0.416 e. The lowest BCUT2D eigenvalue weighted by atomic mass is 9.79. The predicted octanol–water partition coefficient (Wildman–Crippen LogP) is 5.00. The lowest BCUT2D eigenvalue weighted by Crippen LogP contribution is -2.11. The van der Waals surface area contributed by atoms with Crippen LogP contribution in [0.5, 0.6) is 0 Å². The number of benzene rings is 1. The van der Waals surface area contributed by atoms with E-state index in [1.165, 1.54) is 25.0 Å². The molecule has 1 aromatic carbocycles. The van der Waals surface area contributed by atoms with E-state index in [0.29, 0.717) is 5.92 Å². The van der Waals surface area contributed by atoms with Crippen LogP contribution in [0.1, 0.15) is 49.7 Å². The van der Waals surface area contributed by atoms with Gasteiger partial charge in [0.05, 0.1) is 5.56 Å². The van der Waals surface area contributed by atoms with Crippen molar-refractivity contribution in [2.45, 2.75) is 44.7 Å². The largest absolute Gasteiger partial charge is 0.416 e. The summed E-state index contributed by atoms with van der Waals surface area (Å²) in [5, 5.41) is 0. The van der Waals surface area contributed by atoms with Crippen LogP contribution in [0.25, 0.3) is 0 Å². The summed E-state index contributed by atoms with van der Waals surface area (Å²) in [6, 6.07) is 5.69. The number of rotatable bonds is 1. The molecular formula is C14H17F3. The van der Waals surface area contributed by atoms with Crippen molar-refractivity contribution in [3.63, 3.8) is 0 Å². The Morgan fingerprint density at radius 2 is 1.47 bits per heavy atom. The first-order valence-corrected chi connectivity index (χ1v) is 6.14. The van der Waals surface area contributed by atoms with Gasteiger partial charge >= 0.3 is 6.18 Å². The van der Waals surface area contributed by atoms with Gasteiger partial charge in [0, 0.05) is 0 Å². The standard InChI is InChI=1S/C14H17F3/c1-10-2-4-11(5-3-10)12-6-8-13(9-7-12)14(15,16)17/h6-11H,2-5H2,1H3. The average Bonchev–Trinajstić information content (AvgIpc) is 2.29. The Balaban J connectivity index is 2.08. The van der Waals surface area contributed by atoms with Gasteiger partial charge in [-0.05, 0) is 42.4 Å². The number of alkyl halides is 3. The van der Waals surface area contributed by atoms with Crippen molar-refractivity contribution < 1.29 is 13.2 Å². The first-order chi connectivity index (χ1) is 7.97. The molecule has 0 atom stereocenters. The molecule has 94 valence electrons. The zero-order valence-electron chi connectivity index (χ0n) is 9.93. The van der Waals surface area contributed by atoms with E-state index >= 15 is 0 Å². The van der Waals surface area contributed by atoms with Crippen molar-refractivity contribution in [3.8, 4) is 0 Å². The Kier molecular flexibility index (Phi) is 3.45. The molecule has 0 aliphatic heterocycles. The van der Waals surface area contributed by atoms with E-state index in [-0.39, 0.29) is 0 Å². The second kappa shape index (κ2) is 4.71. The van der Waals surface area contributed by atoms with Gasteiger partial charge in [-0.3, -0.25) is 0 Å². The molecule has 0 bridgehead atoms. The van der Waals surface area contributed by atoms with Crippen LogP contribution in [0.4, 0.5) is 13.2 Å². The molecule has 17 heavy (non-hydrogen) atoms. The fraction of sp³-hybridized carbons (Fsp3) is 0.571. The van der Waals surface area contributed by atoms with Gasteiger partial charge in [0.2, 0.25) is 0 Å². The summed E-state index contributed by atoms with van der Waals surface area (Å²) in [5.41, 5.74) is 0.510. The van der Waals surface area contributed by atoms with E-state index in [1.807, 2.05) is 0 Å². The summed E-state index contributed by atoms with van der Waals surface area (Å²) in [5.74, 6) is 1.22. The zero-order chi connectivity index (χ0) is 12.5. The Bertz CT molecular complexity index is 356. The number of hydrogen-bond donors (Lipinski definition) is 0. The number of hydrogen-bond acceptors (Lipinski definition) is 0. The molecule has 2 rings (SSSR count). The summed E-state index contributed by atoms with van der Waals surface area (Å²) >= 11 is 0. The molecule has 0 unspecified atom stereocenters. The van der Waals surface area contributed by atoms with Gasteiger partial charge in [-0.15, -0.1) is 0 Å². The average molecular weight is 242 g/mol. The molecule has 0 amide bonds. The molecule has 0 nitrogen and oxygen atoms in total. The van der Waals surface area contributed by atoms with Crippen LogP contribution in [0, 0.1) is 5.92 Å². The third-order valence-corrected chi connectivity index (χ3v) is 3.73. The summed E-state index contributed by atoms with van der Waals surface area (Å²) in [4.78, 5) is 0. The van der Waals surface area contributed by atoms with Gasteiger partial charge in [-0.25, -0.2) is 0 Å². The molecule has 0 heterocycles. The molecule has 1 aliphatic carbocycles. The normalized spacial score (nSPS) is 25.9.